The van der Waals surface area contributed by atoms with Gasteiger partial charge in [-0.1, -0.05) is 20.8 Å². The molecule has 2 rings (SSSR count). The Balaban J connectivity index is 2.07. The van der Waals surface area contributed by atoms with E-state index < -0.39 is 10.0 Å². The van der Waals surface area contributed by atoms with E-state index in [0.717, 1.165) is 12.8 Å². The van der Waals surface area contributed by atoms with Crippen molar-refractivity contribution >= 4 is 10.0 Å². The molecule has 2 aliphatic rings. The van der Waals surface area contributed by atoms with E-state index in [9.17, 15) is 8.42 Å². The number of hydrogen-bond acceptors (Lipinski definition) is 3. The number of morpholine rings is 1. The first-order valence-electron chi connectivity index (χ1n) is 5.92. The lowest BCUT2D eigenvalue weighted by molar-refractivity contribution is -0.0591. The van der Waals surface area contributed by atoms with Crippen molar-refractivity contribution < 1.29 is 13.2 Å². The predicted octanol–water partition coefficient (Wildman–Crippen LogP) is 1.23. The van der Waals surface area contributed by atoms with Crippen molar-refractivity contribution in [3.05, 3.63) is 0 Å². The lowest BCUT2D eigenvalue weighted by Crippen LogP contribution is -2.50. The molecule has 2 fully saturated rings. The molecule has 0 radical (unpaired) electrons. The molecular formula is C11H21NO3S. The third-order valence-corrected chi connectivity index (χ3v) is 5.67. The van der Waals surface area contributed by atoms with Crippen LogP contribution in [0.25, 0.3) is 0 Å². The predicted molar refractivity (Wildman–Crippen MR) is 62.7 cm³/mol. The molecule has 0 N–H and O–H groups in total. The summed E-state index contributed by atoms with van der Waals surface area (Å²) in [6.07, 6.45) is 1.68. The summed E-state index contributed by atoms with van der Waals surface area (Å²) in [4.78, 5) is 0. The molecular weight excluding hydrogens is 226 g/mol. The van der Waals surface area contributed by atoms with E-state index >= 15 is 0 Å². The van der Waals surface area contributed by atoms with Gasteiger partial charge in [0.05, 0.1) is 18.0 Å². The molecule has 0 bridgehead atoms. The minimum Gasteiger partial charge on any atom is -0.375 e. The van der Waals surface area contributed by atoms with Crippen molar-refractivity contribution in [2.45, 2.75) is 45.0 Å². The summed E-state index contributed by atoms with van der Waals surface area (Å²) in [5.74, 6) is 0. The number of nitrogens with zero attached hydrogens (tertiary/aromatic N) is 1. The van der Waals surface area contributed by atoms with Gasteiger partial charge in [0.2, 0.25) is 10.0 Å². The largest absolute Gasteiger partial charge is 0.375 e. The van der Waals surface area contributed by atoms with Gasteiger partial charge in [0.1, 0.15) is 0 Å². The van der Waals surface area contributed by atoms with Crippen LogP contribution in [0.4, 0.5) is 0 Å². The first-order valence-corrected chi connectivity index (χ1v) is 7.43. The van der Waals surface area contributed by atoms with Crippen molar-refractivity contribution in [2.75, 3.05) is 19.7 Å². The average molecular weight is 247 g/mol. The van der Waals surface area contributed by atoms with Gasteiger partial charge >= 0.3 is 0 Å². The SMILES string of the molecule is CC(C)(C)C1CN(S(=O)(=O)C2CC2)CCO1. The quantitative estimate of drug-likeness (QED) is 0.737. The molecule has 1 heterocycles. The average Bonchev–Trinajstić information content (AvgIpc) is 3.00. The molecule has 16 heavy (non-hydrogen) atoms. The Kier molecular flexibility index (Phi) is 3.05. The van der Waals surface area contributed by atoms with E-state index in [4.69, 9.17) is 4.74 Å². The van der Waals surface area contributed by atoms with Crippen LogP contribution in [0.15, 0.2) is 0 Å². The maximum absolute atomic E-state index is 12.1. The second-order valence-electron chi connectivity index (χ2n) is 5.83. The Hall–Kier alpha value is -0.130. The Labute approximate surface area is 98.0 Å². The van der Waals surface area contributed by atoms with E-state index in [1.807, 2.05) is 0 Å². The molecule has 1 aliphatic heterocycles. The third kappa shape index (κ3) is 2.41. The molecule has 0 amide bonds. The van der Waals surface area contributed by atoms with Crippen LogP contribution in [0.3, 0.4) is 0 Å². The maximum Gasteiger partial charge on any atom is 0.217 e. The molecule has 1 saturated heterocycles. The van der Waals surface area contributed by atoms with Crippen molar-refractivity contribution in [3.63, 3.8) is 0 Å². The lowest BCUT2D eigenvalue weighted by Gasteiger charge is -2.38. The zero-order valence-electron chi connectivity index (χ0n) is 10.3. The van der Waals surface area contributed by atoms with Gasteiger partial charge < -0.3 is 4.74 Å². The summed E-state index contributed by atoms with van der Waals surface area (Å²) in [6.45, 7) is 7.82. The molecule has 0 aromatic carbocycles. The summed E-state index contributed by atoms with van der Waals surface area (Å²) in [5, 5.41) is -0.105. The Morgan fingerprint density at radius 1 is 1.25 bits per heavy atom. The molecule has 4 nitrogen and oxygen atoms in total. The van der Waals surface area contributed by atoms with Crippen LogP contribution >= 0.6 is 0 Å². The molecule has 1 saturated carbocycles. The fraction of sp³-hybridized carbons (Fsp3) is 1.00. The summed E-state index contributed by atoms with van der Waals surface area (Å²) < 4.78 is 31.5. The monoisotopic (exact) mass is 247 g/mol. The molecule has 1 unspecified atom stereocenters. The molecule has 94 valence electrons. The molecule has 0 aromatic rings. The first kappa shape index (κ1) is 12.3. The smallest absolute Gasteiger partial charge is 0.217 e. The second-order valence-corrected chi connectivity index (χ2v) is 8.04. The number of ether oxygens (including phenoxy) is 1. The fourth-order valence-electron chi connectivity index (χ4n) is 1.96. The highest BCUT2D eigenvalue weighted by atomic mass is 32.2. The second kappa shape index (κ2) is 3.96. The van der Waals surface area contributed by atoms with Gasteiger partial charge in [0.25, 0.3) is 0 Å². The number of sulfonamides is 1. The molecule has 1 aliphatic carbocycles. The highest BCUT2D eigenvalue weighted by Crippen LogP contribution is 2.33. The van der Waals surface area contributed by atoms with Gasteiger partial charge in [-0.15, -0.1) is 0 Å². The van der Waals surface area contributed by atoms with E-state index in [2.05, 4.69) is 20.8 Å². The number of rotatable bonds is 2. The van der Waals surface area contributed by atoms with E-state index in [1.54, 1.807) is 4.31 Å². The fourth-order valence-corrected chi connectivity index (χ4v) is 3.78. The standard InChI is InChI=1S/C11H21NO3S/c1-11(2,3)10-8-12(6-7-15-10)16(13,14)9-4-5-9/h9-10H,4-8H2,1-3H3. The molecule has 5 heteroatoms. The van der Waals surface area contributed by atoms with Crippen LogP contribution in [0.5, 0.6) is 0 Å². The van der Waals surface area contributed by atoms with Crippen LogP contribution in [0.2, 0.25) is 0 Å². The van der Waals surface area contributed by atoms with Gasteiger partial charge in [-0.3, -0.25) is 0 Å². The minimum atomic E-state index is -3.03. The van der Waals surface area contributed by atoms with Crippen LogP contribution in [0, 0.1) is 5.41 Å². The summed E-state index contributed by atoms with van der Waals surface area (Å²) in [6, 6.07) is 0. The van der Waals surface area contributed by atoms with Crippen LogP contribution < -0.4 is 0 Å². The highest BCUT2D eigenvalue weighted by Gasteiger charge is 2.43. The van der Waals surface area contributed by atoms with Crippen molar-refractivity contribution in [1.82, 2.24) is 4.31 Å². The molecule has 0 aromatic heterocycles. The lowest BCUT2D eigenvalue weighted by atomic mass is 9.88. The zero-order chi connectivity index (χ0) is 12.0. The van der Waals surface area contributed by atoms with E-state index in [1.165, 1.54) is 0 Å². The summed E-state index contributed by atoms with van der Waals surface area (Å²) in [7, 11) is -3.03. The van der Waals surface area contributed by atoms with Gasteiger partial charge in [0, 0.05) is 13.1 Å². The highest BCUT2D eigenvalue weighted by molar-refractivity contribution is 7.90. The van der Waals surface area contributed by atoms with Crippen molar-refractivity contribution in [1.29, 1.82) is 0 Å². The zero-order valence-corrected chi connectivity index (χ0v) is 11.1. The normalized spacial score (nSPS) is 29.3. The van der Waals surface area contributed by atoms with Gasteiger partial charge in [-0.25, -0.2) is 8.42 Å². The van der Waals surface area contributed by atoms with E-state index in [0.29, 0.717) is 19.7 Å². The van der Waals surface area contributed by atoms with Crippen LogP contribution in [-0.2, 0) is 14.8 Å². The Morgan fingerprint density at radius 2 is 1.88 bits per heavy atom. The minimum absolute atomic E-state index is 0.00224. The topological polar surface area (TPSA) is 46.6 Å². The Morgan fingerprint density at radius 3 is 2.38 bits per heavy atom. The van der Waals surface area contributed by atoms with Crippen LogP contribution in [-0.4, -0.2) is 43.8 Å². The number of hydrogen-bond donors (Lipinski definition) is 0. The summed E-state index contributed by atoms with van der Waals surface area (Å²) >= 11 is 0. The van der Waals surface area contributed by atoms with E-state index in [-0.39, 0.29) is 16.8 Å². The van der Waals surface area contributed by atoms with Gasteiger partial charge in [0.15, 0.2) is 0 Å². The van der Waals surface area contributed by atoms with Gasteiger partial charge in [-0.05, 0) is 18.3 Å². The molecule has 1 atom stereocenters. The van der Waals surface area contributed by atoms with Crippen molar-refractivity contribution in [3.8, 4) is 0 Å². The van der Waals surface area contributed by atoms with Crippen LogP contribution in [0.1, 0.15) is 33.6 Å². The first-order chi connectivity index (χ1) is 7.32. The Bertz CT molecular complexity index is 354. The summed E-state index contributed by atoms with van der Waals surface area (Å²) in [5.41, 5.74) is -0.00224. The van der Waals surface area contributed by atoms with Gasteiger partial charge in [-0.2, -0.15) is 4.31 Å². The third-order valence-electron chi connectivity index (χ3n) is 3.30. The maximum atomic E-state index is 12.1. The van der Waals surface area contributed by atoms with Crippen molar-refractivity contribution in [2.24, 2.45) is 5.41 Å². The molecule has 0 spiro atoms.